The van der Waals surface area contributed by atoms with Crippen LogP contribution in [0.15, 0.2) is 18.5 Å². The van der Waals surface area contributed by atoms with Crippen molar-refractivity contribution in [2.45, 2.75) is 25.0 Å². The standard InChI is InChI=1S/C9H14N4O2/c10-7-4-8(13(5-7)9(14)15)6-12-3-1-2-11-12/h1-3,7-8H,4-6,10H2,(H,14,15)/t7?,8-/m1/s1. The van der Waals surface area contributed by atoms with Crippen molar-refractivity contribution in [1.29, 1.82) is 0 Å². The Morgan fingerprint density at radius 1 is 1.67 bits per heavy atom. The zero-order valence-electron chi connectivity index (χ0n) is 8.28. The minimum atomic E-state index is -0.903. The predicted molar refractivity (Wildman–Crippen MR) is 53.3 cm³/mol. The fourth-order valence-corrected chi connectivity index (χ4v) is 1.98. The molecule has 82 valence electrons. The Morgan fingerprint density at radius 2 is 2.47 bits per heavy atom. The van der Waals surface area contributed by atoms with Gasteiger partial charge in [0.2, 0.25) is 0 Å². The Bertz CT molecular complexity index is 338. The monoisotopic (exact) mass is 210 g/mol. The van der Waals surface area contributed by atoms with Gasteiger partial charge < -0.3 is 15.7 Å². The van der Waals surface area contributed by atoms with Gasteiger partial charge in [-0.3, -0.25) is 4.68 Å². The first-order valence-electron chi connectivity index (χ1n) is 4.89. The van der Waals surface area contributed by atoms with Crippen LogP contribution in [0.2, 0.25) is 0 Å². The highest BCUT2D eigenvalue weighted by atomic mass is 16.4. The molecule has 1 amide bonds. The molecule has 1 aromatic rings. The summed E-state index contributed by atoms with van der Waals surface area (Å²) in [5, 5.41) is 13.0. The highest BCUT2D eigenvalue weighted by molar-refractivity contribution is 5.66. The van der Waals surface area contributed by atoms with Gasteiger partial charge in [-0.2, -0.15) is 5.10 Å². The second-order valence-electron chi connectivity index (χ2n) is 3.81. The molecule has 1 fully saturated rings. The maximum absolute atomic E-state index is 10.9. The molecule has 0 aliphatic carbocycles. The van der Waals surface area contributed by atoms with Crippen LogP contribution in [-0.2, 0) is 6.54 Å². The van der Waals surface area contributed by atoms with E-state index in [0.29, 0.717) is 19.5 Å². The fourth-order valence-electron chi connectivity index (χ4n) is 1.98. The molecule has 2 heterocycles. The molecule has 1 aliphatic rings. The van der Waals surface area contributed by atoms with Crippen molar-refractivity contribution in [3.8, 4) is 0 Å². The van der Waals surface area contributed by atoms with E-state index in [9.17, 15) is 4.79 Å². The number of likely N-dealkylation sites (tertiary alicyclic amines) is 1. The topological polar surface area (TPSA) is 84.4 Å². The third-order valence-electron chi connectivity index (χ3n) is 2.65. The smallest absolute Gasteiger partial charge is 0.407 e. The van der Waals surface area contributed by atoms with Crippen LogP contribution in [0.1, 0.15) is 6.42 Å². The second-order valence-corrected chi connectivity index (χ2v) is 3.81. The van der Waals surface area contributed by atoms with E-state index < -0.39 is 6.09 Å². The molecule has 0 aromatic carbocycles. The van der Waals surface area contributed by atoms with E-state index in [0.717, 1.165) is 0 Å². The fraction of sp³-hybridized carbons (Fsp3) is 0.556. The van der Waals surface area contributed by atoms with Crippen molar-refractivity contribution in [2.24, 2.45) is 5.73 Å². The molecular weight excluding hydrogens is 196 g/mol. The van der Waals surface area contributed by atoms with Crippen molar-refractivity contribution in [2.75, 3.05) is 6.54 Å². The minimum absolute atomic E-state index is 0.0540. The predicted octanol–water partition coefficient (Wildman–Crippen LogP) is -0.0373. The molecule has 15 heavy (non-hydrogen) atoms. The van der Waals surface area contributed by atoms with Gasteiger partial charge in [0.1, 0.15) is 0 Å². The van der Waals surface area contributed by atoms with Gasteiger partial charge in [0.15, 0.2) is 0 Å². The molecule has 0 saturated carbocycles. The summed E-state index contributed by atoms with van der Waals surface area (Å²) in [4.78, 5) is 12.3. The number of hydrogen-bond acceptors (Lipinski definition) is 3. The summed E-state index contributed by atoms with van der Waals surface area (Å²) in [6.45, 7) is 0.994. The summed E-state index contributed by atoms with van der Waals surface area (Å²) in [7, 11) is 0. The van der Waals surface area contributed by atoms with Crippen molar-refractivity contribution < 1.29 is 9.90 Å². The molecule has 6 nitrogen and oxygen atoms in total. The maximum Gasteiger partial charge on any atom is 0.407 e. The number of nitrogens with zero attached hydrogens (tertiary/aromatic N) is 3. The molecule has 1 unspecified atom stereocenters. The molecule has 0 radical (unpaired) electrons. The summed E-state index contributed by atoms with van der Waals surface area (Å²) in [6.07, 6.45) is 3.30. The average molecular weight is 210 g/mol. The lowest BCUT2D eigenvalue weighted by atomic mass is 10.2. The van der Waals surface area contributed by atoms with E-state index in [2.05, 4.69) is 5.10 Å². The van der Waals surface area contributed by atoms with E-state index in [4.69, 9.17) is 10.8 Å². The normalized spacial score (nSPS) is 25.8. The van der Waals surface area contributed by atoms with Crippen molar-refractivity contribution >= 4 is 6.09 Å². The average Bonchev–Trinajstić information content (AvgIpc) is 2.75. The van der Waals surface area contributed by atoms with E-state index in [1.807, 2.05) is 12.3 Å². The van der Waals surface area contributed by atoms with Gasteiger partial charge >= 0.3 is 6.09 Å². The number of carboxylic acid groups (broad SMARTS) is 1. The first-order valence-corrected chi connectivity index (χ1v) is 4.89. The molecule has 0 bridgehead atoms. The molecule has 2 atom stereocenters. The molecule has 2 rings (SSSR count). The number of carbonyl (C=O) groups is 1. The first kappa shape index (κ1) is 9.97. The quantitative estimate of drug-likeness (QED) is 0.717. The van der Waals surface area contributed by atoms with E-state index in [1.54, 1.807) is 10.9 Å². The Labute approximate surface area is 87.3 Å². The lowest BCUT2D eigenvalue weighted by Crippen LogP contribution is -2.37. The Morgan fingerprint density at radius 3 is 3.07 bits per heavy atom. The van der Waals surface area contributed by atoms with Gasteiger partial charge in [0.05, 0.1) is 12.6 Å². The maximum atomic E-state index is 10.9. The highest BCUT2D eigenvalue weighted by Crippen LogP contribution is 2.17. The second kappa shape index (κ2) is 3.90. The molecule has 3 N–H and O–H groups in total. The lowest BCUT2D eigenvalue weighted by molar-refractivity contribution is 0.135. The van der Waals surface area contributed by atoms with Crippen molar-refractivity contribution in [1.82, 2.24) is 14.7 Å². The molecular formula is C9H14N4O2. The van der Waals surface area contributed by atoms with Crippen LogP contribution < -0.4 is 5.73 Å². The summed E-state index contributed by atoms with van der Waals surface area (Å²) >= 11 is 0. The first-order chi connectivity index (χ1) is 7.16. The zero-order valence-corrected chi connectivity index (χ0v) is 8.28. The number of nitrogens with two attached hydrogens (primary N) is 1. The van der Waals surface area contributed by atoms with E-state index in [1.165, 1.54) is 4.90 Å². The summed E-state index contributed by atoms with van der Waals surface area (Å²) < 4.78 is 1.73. The van der Waals surface area contributed by atoms with Crippen LogP contribution in [0.4, 0.5) is 4.79 Å². The van der Waals surface area contributed by atoms with E-state index >= 15 is 0 Å². The van der Waals surface area contributed by atoms with Crippen molar-refractivity contribution in [3.05, 3.63) is 18.5 Å². The Kier molecular flexibility index (Phi) is 2.59. The number of amides is 1. The van der Waals surface area contributed by atoms with Crippen LogP contribution in [0, 0.1) is 0 Å². The Balaban J connectivity index is 2.04. The van der Waals surface area contributed by atoms with Gasteiger partial charge in [-0.05, 0) is 12.5 Å². The summed E-state index contributed by atoms with van der Waals surface area (Å²) in [6, 6.07) is 1.71. The summed E-state index contributed by atoms with van der Waals surface area (Å²) in [5.74, 6) is 0. The SMILES string of the molecule is NC1C[C@H](Cn2cccn2)N(C(=O)O)C1. The third kappa shape index (κ3) is 2.10. The van der Waals surface area contributed by atoms with Gasteiger partial charge in [-0.15, -0.1) is 0 Å². The van der Waals surface area contributed by atoms with Crippen molar-refractivity contribution in [3.63, 3.8) is 0 Å². The Hall–Kier alpha value is -1.56. The molecule has 0 spiro atoms. The van der Waals surface area contributed by atoms with E-state index in [-0.39, 0.29) is 12.1 Å². The number of hydrogen-bond donors (Lipinski definition) is 2. The molecule has 1 aliphatic heterocycles. The van der Waals surface area contributed by atoms with Crippen LogP contribution in [0.5, 0.6) is 0 Å². The number of rotatable bonds is 2. The van der Waals surface area contributed by atoms with Gasteiger partial charge in [0.25, 0.3) is 0 Å². The minimum Gasteiger partial charge on any atom is -0.465 e. The van der Waals surface area contributed by atoms with Crippen LogP contribution >= 0.6 is 0 Å². The van der Waals surface area contributed by atoms with Crippen LogP contribution in [0.3, 0.4) is 0 Å². The highest BCUT2D eigenvalue weighted by Gasteiger charge is 2.33. The number of aromatic nitrogens is 2. The molecule has 1 saturated heterocycles. The largest absolute Gasteiger partial charge is 0.465 e. The van der Waals surface area contributed by atoms with Crippen LogP contribution in [-0.4, -0.2) is 44.5 Å². The van der Waals surface area contributed by atoms with Gasteiger partial charge in [-0.25, -0.2) is 4.79 Å². The lowest BCUT2D eigenvalue weighted by Gasteiger charge is -2.20. The van der Waals surface area contributed by atoms with Gasteiger partial charge in [0, 0.05) is 25.0 Å². The molecule has 6 heteroatoms. The summed E-state index contributed by atoms with van der Waals surface area (Å²) in [5.41, 5.74) is 5.75. The third-order valence-corrected chi connectivity index (χ3v) is 2.65. The molecule has 1 aromatic heterocycles. The zero-order chi connectivity index (χ0) is 10.8. The van der Waals surface area contributed by atoms with Gasteiger partial charge in [-0.1, -0.05) is 0 Å². The van der Waals surface area contributed by atoms with Crippen LogP contribution in [0.25, 0.3) is 0 Å².